The molecular weight excluding hydrogens is 305 g/mol. The number of benzene rings is 2. The fourth-order valence-corrected chi connectivity index (χ4v) is 2.39. The normalized spacial score (nSPS) is 12.4. The van der Waals surface area contributed by atoms with E-state index in [2.05, 4.69) is 33.4 Å². The maximum Gasteiger partial charge on any atom is 0.126 e. The molecule has 0 aliphatic heterocycles. The van der Waals surface area contributed by atoms with Gasteiger partial charge >= 0.3 is 0 Å². The highest BCUT2D eigenvalue weighted by molar-refractivity contribution is 9.10. The number of nitrogens with one attached hydrogen (secondary N) is 1. The topological polar surface area (TPSA) is 12.0 Å². The molecule has 0 aliphatic carbocycles. The molecule has 0 aromatic heterocycles. The Labute approximate surface area is 122 Å². The lowest BCUT2D eigenvalue weighted by Gasteiger charge is -2.17. The third-order valence-electron chi connectivity index (χ3n) is 3.29. The highest BCUT2D eigenvalue weighted by atomic mass is 79.9. The molecule has 0 saturated carbocycles. The molecule has 0 heterocycles. The van der Waals surface area contributed by atoms with Gasteiger partial charge in [0.1, 0.15) is 5.82 Å². The van der Waals surface area contributed by atoms with E-state index in [1.54, 1.807) is 6.92 Å². The van der Waals surface area contributed by atoms with Crippen LogP contribution in [0.1, 0.15) is 22.7 Å². The van der Waals surface area contributed by atoms with Crippen molar-refractivity contribution in [2.24, 2.45) is 0 Å². The maximum atomic E-state index is 13.3. The summed E-state index contributed by atoms with van der Waals surface area (Å²) in [6, 6.07) is 13.8. The molecule has 1 N–H and O–H groups in total. The van der Waals surface area contributed by atoms with Crippen LogP contribution in [0.15, 0.2) is 46.9 Å². The monoisotopic (exact) mass is 321 g/mol. The summed E-state index contributed by atoms with van der Waals surface area (Å²) in [5.74, 6) is -0.151. The molecule has 3 heteroatoms. The van der Waals surface area contributed by atoms with Gasteiger partial charge in [0.05, 0.1) is 0 Å². The van der Waals surface area contributed by atoms with Crippen LogP contribution in [0.2, 0.25) is 0 Å². The van der Waals surface area contributed by atoms with Crippen LogP contribution < -0.4 is 5.32 Å². The summed E-state index contributed by atoms with van der Waals surface area (Å²) in [5.41, 5.74) is 3.06. The van der Waals surface area contributed by atoms with Crippen LogP contribution in [0.25, 0.3) is 0 Å². The number of hydrogen-bond acceptors (Lipinski definition) is 1. The van der Waals surface area contributed by atoms with E-state index in [-0.39, 0.29) is 11.9 Å². The molecule has 0 amide bonds. The van der Waals surface area contributed by atoms with Crippen molar-refractivity contribution in [2.45, 2.75) is 19.4 Å². The Morgan fingerprint density at radius 1 is 1.16 bits per heavy atom. The predicted octanol–water partition coefficient (Wildman–Crippen LogP) is 4.40. The molecule has 0 aliphatic rings. The molecule has 0 saturated heterocycles. The van der Waals surface area contributed by atoms with Gasteiger partial charge in [0.15, 0.2) is 0 Å². The van der Waals surface area contributed by atoms with Gasteiger partial charge in [0.2, 0.25) is 0 Å². The van der Waals surface area contributed by atoms with Gasteiger partial charge in [0, 0.05) is 10.5 Å². The first-order chi connectivity index (χ1) is 9.10. The summed E-state index contributed by atoms with van der Waals surface area (Å²) >= 11 is 3.43. The van der Waals surface area contributed by atoms with Crippen molar-refractivity contribution in [3.8, 4) is 0 Å². The van der Waals surface area contributed by atoms with Crippen molar-refractivity contribution in [1.29, 1.82) is 0 Å². The molecule has 0 bridgehead atoms. The molecule has 0 radical (unpaired) electrons. The summed E-state index contributed by atoms with van der Waals surface area (Å²) in [6.07, 6.45) is 0.884. The SMILES string of the molecule is CNC(Cc1ccc(Br)cc1)c1ccc(F)c(C)c1. The van der Waals surface area contributed by atoms with E-state index in [1.807, 2.05) is 31.3 Å². The maximum absolute atomic E-state index is 13.3. The highest BCUT2D eigenvalue weighted by Crippen LogP contribution is 2.21. The zero-order chi connectivity index (χ0) is 13.8. The van der Waals surface area contributed by atoms with Crippen LogP contribution in [0.4, 0.5) is 4.39 Å². The van der Waals surface area contributed by atoms with E-state index in [1.165, 1.54) is 11.6 Å². The van der Waals surface area contributed by atoms with Crippen molar-refractivity contribution < 1.29 is 4.39 Å². The minimum atomic E-state index is -0.151. The Hall–Kier alpha value is -1.19. The molecular formula is C16H17BrFN. The highest BCUT2D eigenvalue weighted by Gasteiger charge is 2.11. The molecule has 0 fully saturated rings. The van der Waals surface area contributed by atoms with Gasteiger partial charge in [-0.25, -0.2) is 4.39 Å². The Morgan fingerprint density at radius 3 is 2.42 bits per heavy atom. The minimum absolute atomic E-state index is 0.151. The first-order valence-electron chi connectivity index (χ1n) is 6.28. The van der Waals surface area contributed by atoms with E-state index in [9.17, 15) is 4.39 Å². The fourth-order valence-electron chi connectivity index (χ4n) is 2.13. The van der Waals surface area contributed by atoms with Crippen LogP contribution in [0.5, 0.6) is 0 Å². The zero-order valence-electron chi connectivity index (χ0n) is 11.1. The van der Waals surface area contributed by atoms with Crippen molar-refractivity contribution in [2.75, 3.05) is 7.05 Å². The van der Waals surface area contributed by atoms with E-state index >= 15 is 0 Å². The largest absolute Gasteiger partial charge is 0.313 e. The van der Waals surface area contributed by atoms with Gasteiger partial charge in [-0.15, -0.1) is 0 Å². The van der Waals surface area contributed by atoms with E-state index in [0.29, 0.717) is 5.56 Å². The minimum Gasteiger partial charge on any atom is -0.313 e. The molecule has 1 atom stereocenters. The van der Waals surface area contributed by atoms with Crippen molar-refractivity contribution in [3.63, 3.8) is 0 Å². The average molecular weight is 322 g/mol. The molecule has 1 nitrogen and oxygen atoms in total. The molecule has 2 aromatic carbocycles. The Kier molecular flexibility index (Phi) is 4.72. The standard InChI is InChI=1S/C16H17BrFN/c1-11-9-13(5-8-15(11)18)16(19-2)10-12-3-6-14(17)7-4-12/h3-9,16,19H,10H2,1-2H3. The number of rotatable bonds is 4. The average Bonchev–Trinajstić information content (AvgIpc) is 2.41. The van der Waals surface area contributed by atoms with Crippen LogP contribution >= 0.6 is 15.9 Å². The second kappa shape index (κ2) is 6.31. The van der Waals surface area contributed by atoms with Crippen LogP contribution in [-0.4, -0.2) is 7.05 Å². The first kappa shape index (κ1) is 14.2. The Morgan fingerprint density at radius 2 is 1.84 bits per heavy atom. The quantitative estimate of drug-likeness (QED) is 0.880. The van der Waals surface area contributed by atoms with E-state index in [4.69, 9.17) is 0 Å². The van der Waals surface area contributed by atoms with Crippen LogP contribution in [0, 0.1) is 12.7 Å². The van der Waals surface area contributed by atoms with Gasteiger partial charge in [-0.2, -0.15) is 0 Å². The van der Waals surface area contributed by atoms with Crippen molar-refractivity contribution in [1.82, 2.24) is 5.32 Å². The third kappa shape index (κ3) is 3.64. The van der Waals surface area contributed by atoms with Gasteiger partial charge in [0.25, 0.3) is 0 Å². The molecule has 100 valence electrons. The number of hydrogen-bond donors (Lipinski definition) is 1. The number of halogens is 2. The van der Waals surface area contributed by atoms with E-state index in [0.717, 1.165) is 16.5 Å². The number of aryl methyl sites for hydroxylation is 1. The van der Waals surface area contributed by atoms with Crippen LogP contribution in [-0.2, 0) is 6.42 Å². The van der Waals surface area contributed by atoms with E-state index < -0.39 is 0 Å². The summed E-state index contributed by atoms with van der Waals surface area (Å²) in [6.45, 7) is 1.80. The van der Waals surface area contributed by atoms with Crippen molar-refractivity contribution in [3.05, 3.63) is 69.4 Å². The smallest absolute Gasteiger partial charge is 0.126 e. The molecule has 19 heavy (non-hydrogen) atoms. The van der Waals surface area contributed by atoms with Gasteiger partial charge in [-0.1, -0.05) is 40.2 Å². The molecule has 1 unspecified atom stereocenters. The molecule has 2 rings (SSSR count). The molecule has 0 spiro atoms. The predicted molar refractivity (Wildman–Crippen MR) is 80.8 cm³/mol. The lowest BCUT2D eigenvalue weighted by molar-refractivity contribution is 0.583. The second-order valence-electron chi connectivity index (χ2n) is 4.68. The third-order valence-corrected chi connectivity index (χ3v) is 3.81. The van der Waals surface area contributed by atoms with Crippen molar-refractivity contribution >= 4 is 15.9 Å². The second-order valence-corrected chi connectivity index (χ2v) is 5.60. The summed E-state index contributed by atoms with van der Waals surface area (Å²) in [7, 11) is 1.93. The lowest BCUT2D eigenvalue weighted by atomic mass is 9.97. The summed E-state index contributed by atoms with van der Waals surface area (Å²) in [4.78, 5) is 0. The summed E-state index contributed by atoms with van der Waals surface area (Å²) < 4.78 is 14.4. The van der Waals surface area contributed by atoms with Gasteiger partial charge in [-0.3, -0.25) is 0 Å². The molecule has 2 aromatic rings. The summed E-state index contributed by atoms with van der Waals surface area (Å²) in [5, 5.41) is 3.29. The van der Waals surface area contributed by atoms with Gasteiger partial charge in [-0.05, 0) is 55.3 Å². The fraction of sp³-hybridized carbons (Fsp3) is 0.250. The zero-order valence-corrected chi connectivity index (χ0v) is 12.7. The Balaban J connectivity index is 2.19. The van der Waals surface area contributed by atoms with Crippen LogP contribution in [0.3, 0.4) is 0 Å². The number of likely N-dealkylation sites (N-methyl/N-ethyl adjacent to an activating group) is 1. The lowest BCUT2D eigenvalue weighted by Crippen LogP contribution is -2.19. The first-order valence-corrected chi connectivity index (χ1v) is 7.07. The Bertz CT molecular complexity index is 551. The van der Waals surface area contributed by atoms with Gasteiger partial charge < -0.3 is 5.32 Å².